The first-order chi connectivity index (χ1) is 8.24. The Hall–Kier alpha value is -2.24. The number of hydrogen-bond donors (Lipinski definition) is 1. The lowest BCUT2D eigenvalue weighted by atomic mass is 10.3. The van der Waals surface area contributed by atoms with Gasteiger partial charge >= 0.3 is 0 Å². The van der Waals surface area contributed by atoms with Gasteiger partial charge in [0, 0.05) is 18.9 Å². The average Bonchev–Trinajstić information content (AvgIpc) is 2.73. The molecule has 0 atom stereocenters. The lowest BCUT2D eigenvalue weighted by molar-refractivity contribution is -0.120. The second kappa shape index (κ2) is 5.20. The summed E-state index contributed by atoms with van der Waals surface area (Å²) in [5, 5.41) is 6.36. The van der Waals surface area contributed by atoms with E-state index < -0.39 is 0 Å². The molecule has 2 heterocycles. The van der Waals surface area contributed by atoms with Crippen LogP contribution in [0, 0.1) is 6.92 Å². The summed E-state index contributed by atoms with van der Waals surface area (Å²) in [5.74, 6) is 0.698. The highest BCUT2D eigenvalue weighted by Crippen LogP contribution is 1.98. The molecule has 0 radical (unpaired) electrons. The quantitative estimate of drug-likeness (QED) is 0.836. The van der Waals surface area contributed by atoms with Gasteiger partial charge < -0.3 is 9.84 Å². The topological polar surface area (TPSA) is 80.9 Å². The number of carbonyl (C=O) groups excluding carboxylic acids is 1. The molecule has 0 aliphatic rings. The fraction of sp³-hybridized carbons (Fsp3) is 0.273. The van der Waals surface area contributed by atoms with Crippen LogP contribution in [0.25, 0.3) is 0 Å². The van der Waals surface area contributed by atoms with Crippen LogP contribution >= 0.6 is 0 Å². The Morgan fingerprint density at radius 1 is 1.53 bits per heavy atom. The van der Waals surface area contributed by atoms with Crippen LogP contribution in [0.4, 0.5) is 0 Å². The van der Waals surface area contributed by atoms with Crippen molar-refractivity contribution >= 4 is 5.91 Å². The summed E-state index contributed by atoms with van der Waals surface area (Å²) in [6.07, 6.45) is 3.49. The molecule has 0 fully saturated rings. The summed E-state index contributed by atoms with van der Waals surface area (Å²) in [5.41, 5.74) is 0.947. The standard InChI is InChI=1S/C11H12N4O2/c1-8-14-11(17-15-8)5-10(16)13-7-9-3-2-4-12-6-9/h2-4,6H,5,7H2,1H3,(H,13,16). The van der Waals surface area contributed by atoms with Crippen molar-refractivity contribution in [2.45, 2.75) is 19.9 Å². The smallest absolute Gasteiger partial charge is 0.236 e. The van der Waals surface area contributed by atoms with E-state index in [0.29, 0.717) is 18.3 Å². The minimum absolute atomic E-state index is 0.0983. The van der Waals surface area contributed by atoms with Crippen LogP contribution in [0.2, 0.25) is 0 Å². The number of nitrogens with zero attached hydrogens (tertiary/aromatic N) is 3. The number of nitrogens with one attached hydrogen (secondary N) is 1. The molecular formula is C11H12N4O2. The number of rotatable bonds is 4. The zero-order valence-corrected chi connectivity index (χ0v) is 9.38. The van der Waals surface area contributed by atoms with Crippen LogP contribution in [0.1, 0.15) is 17.3 Å². The van der Waals surface area contributed by atoms with Gasteiger partial charge in [-0.2, -0.15) is 4.98 Å². The maximum absolute atomic E-state index is 11.5. The molecule has 6 heteroatoms. The SMILES string of the molecule is Cc1noc(CC(=O)NCc2cccnc2)n1. The van der Waals surface area contributed by atoms with Crippen molar-refractivity contribution in [2.75, 3.05) is 0 Å². The summed E-state index contributed by atoms with van der Waals surface area (Å²) < 4.78 is 4.85. The minimum atomic E-state index is -0.155. The number of carbonyl (C=O) groups is 1. The number of aryl methyl sites for hydroxylation is 1. The summed E-state index contributed by atoms with van der Waals surface area (Å²) >= 11 is 0. The molecule has 0 saturated heterocycles. The number of hydrogen-bond acceptors (Lipinski definition) is 5. The Balaban J connectivity index is 1.82. The van der Waals surface area contributed by atoms with Crippen molar-refractivity contribution in [1.29, 1.82) is 0 Å². The Kier molecular flexibility index (Phi) is 3.44. The highest BCUT2D eigenvalue weighted by atomic mass is 16.5. The predicted octanol–water partition coefficient (Wildman–Crippen LogP) is 0.632. The maximum atomic E-state index is 11.5. The van der Waals surface area contributed by atoms with E-state index in [2.05, 4.69) is 20.4 Å². The molecule has 0 aromatic carbocycles. The normalized spacial score (nSPS) is 10.2. The van der Waals surface area contributed by atoms with Crippen molar-refractivity contribution in [1.82, 2.24) is 20.4 Å². The zero-order chi connectivity index (χ0) is 12.1. The third kappa shape index (κ3) is 3.37. The molecule has 0 aliphatic heterocycles. The monoisotopic (exact) mass is 232 g/mol. The molecule has 2 aromatic rings. The summed E-state index contributed by atoms with van der Waals surface area (Å²) in [4.78, 5) is 19.4. The Morgan fingerprint density at radius 3 is 3.06 bits per heavy atom. The van der Waals surface area contributed by atoms with Crippen molar-refractivity contribution in [3.05, 3.63) is 41.8 Å². The molecular weight excluding hydrogens is 220 g/mol. The molecule has 1 N–H and O–H groups in total. The van der Waals surface area contributed by atoms with E-state index in [0.717, 1.165) is 5.56 Å². The molecule has 0 saturated carbocycles. The second-order valence-electron chi connectivity index (χ2n) is 3.55. The van der Waals surface area contributed by atoms with E-state index in [9.17, 15) is 4.79 Å². The van der Waals surface area contributed by atoms with Crippen LogP contribution < -0.4 is 5.32 Å². The van der Waals surface area contributed by atoms with E-state index in [1.54, 1.807) is 19.3 Å². The molecule has 0 aliphatic carbocycles. The lowest BCUT2D eigenvalue weighted by Crippen LogP contribution is -2.24. The summed E-state index contributed by atoms with van der Waals surface area (Å²) in [6.45, 7) is 2.15. The lowest BCUT2D eigenvalue weighted by Gasteiger charge is -2.02. The Bertz CT molecular complexity index is 495. The van der Waals surface area contributed by atoms with Gasteiger partial charge in [0.25, 0.3) is 0 Å². The molecule has 0 unspecified atom stereocenters. The third-order valence-electron chi connectivity index (χ3n) is 2.09. The van der Waals surface area contributed by atoms with Crippen LogP contribution in [0.5, 0.6) is 0 Å². The number of aromatic nitrogens is 3. The molecule has 2 rings (SSSR count). The van der Waals surface area contributed by atoms with Gasteiger partial charge in [0.2, 0.25) is 11.8 Å². The molecule has 1 amide bonds. The molecule has 17 heavy (non-hydrogen) atoms. The van der Waals surface area contributed by atoms with Crippen molar-refractivity contribution < 1.29 is 9.32 Å². The van der Waals surface area contributed by atoms with Crippen LogP contribution in [0.3, 0.4) is 0 Å². The van der Waals surface area contributed by atoms with E-state index >= 15 is 0 Å². The van der Waals surface area contributed by atoms with Gasteiger partial charge in [-0.05, 0) is 18.6 Å². The minimum Gasteiger partial charge on any atom is -0.352 e. The van der Waals surface area contributed by atoms with E-state index in [4.69, 9.17) is 4.52 Å². The van der Waals surface area contributed by atoms with Crippen molar-refractivity contribution in [2.24, 2.45) is 0 Å². The van der Waals surface area contributed by atoms with Gasteiger partial charge in [0.15, 0.2) is 5.82 Å². The summed E-state index contributed by atoms with van der Waals surface area (Å²) in [6, 6.07) is 3.72. The van der Waals surface area contributed by atoms with Gasteiger partial charge in [-0.1, -0.05) is 11.2 Å². The van der Waals surface area contributed by atoms with Gasteiger partial charge in [0.1, 0.15) is 6.42 Å². The van der Waals surface area contributed by atoms with E-state index in [1.807, 2.05) is 12.1 Å². The first kappa shape index (κ1) is 11.3. The molecule has 6 nitrogen and oxygen atoms in total. The van der Waals surface area contributed by atoms with Crippen molar-refractivity contribution in [3.8, 4) is 0 Å². The van der Waals surface area contributed by atoms with Gasteiger partial charge in [-0.25, -0.2) is 0 Å². The van der Waals surface area contributed by atoms with Gasteiger partial charge in [0.05, 0.1) is 0 Å². The van der Waals surface area contributed by atoms with Crippen LogP contribution in [0.15, 0.2) is 29.0 Å². The summed E-state index contributed by atoms with van der Waals surface area (Å²) in [7, 11) is 0. The molecule has 0 bridgehead atoms. The maximum Gasteiger partial charge on any atom is 0.236 e. The largest absolute Gasteiger partial charge is 0.352 e. The molecule has 0 spiro atoms. The highest BCUT2D eigenvalue weighted by molar-refractivity contribution is 5.77. The average molecular weight is 232 g/mol. The fourth-order valence-corrected chi connectivity index (χ4v) is 1.32. The number of pyridine rings is 1. The highest BCUT2D eigenvalue weighted by Gasteiger charge is 2.08. The Morgan fingerprint density at radius 2 is 2.41 bits per heavy atom. The predicted molar refractivity (Wildman–Crippen MR) is 58.8 cm³/mol. The fourth-order valence-electron chi connectivity index (χ4n) is 1.32. The van der Waals surface area contributed by atoms with E-state index in [-0.39, 0.29) is 12.3 Å². The molecule has 88 valence electrons. The second-order valence-corrected chi connectivity index (χ2v) is 3.55. The third-order valence-corrected chi connectivity index (χ3v) is 2.09. The van der Waals surface area contributed by atoms with E-state index in [1.165, 1.54) is 0 Å². The first-order valence-electron chi connectivity index (χ1n) is 5.19. The van der Waals surface area contributed by atoms with Gasteiger partial charge in [-0.3, -0.25) is 9.78 Å². The van der Waals surface area contributed by atoms with Crippen molar-refractivity contribution in [3.63, 3.8) is 0 Å². The zero-order valence-electron chi connectivity index (χ0n) is 9.38. The number of amides is 1. The van der Waals surface area contributed by atoms with Crippen LogP contribution in [-0.4, -0.2) is 21.0 Å². The van der Waals surface area contributed by atoms with Crippen LogP contribution in [-0.2, 0) is 17.8 Å². The van der Waals surface area contributed by atoms with Gasteiger partial charge in [-0.15, -0.1) is 0 Å². The molecule has 2 aromatic heterocycles. The Labute approximate surface area is 98.1 Å². The first-order valence-corrected chi connectivity index (χ1v) is 5.19.